The molecule has 0 aliphatic rings. The number of nitrogens with zero attached hydrogens (tertiary/aromatic N) is 1. The van der Waals surface area contributed by atoms with Crippen LogP contribution in [0.3, 0.4) is 0 Å². The summed E-state index contributed by atoms with van der Waals surface area (Å²) in [6, 6.07) is 20.0. The minimum absolute atomic E-state index is 0.0315. The topological polar surface area (TPSA) is 96.7 Å². The van der Waals surface area contributed by atoms with E-state index < -0.39 is 17.9 Å². The first-order valence-electron chi connectivity index (χ1n) is 9.49. The zero-order valence-electron chi connectivity index (χ0n) is 15.9. The van der Waals surface area contributed by atoms with Gasteiger partial charge < -0.3 is 14.9 Å². The maximum absolute atomic E-state index is 10.9. The van der Waals surface area contributed by atoms with Crippen molar-refractivity contribution >= 4 is 44.3 Å². The highest BCUT2D eigenvalue weighted by Crippen LogP contribution is 2.32. The lowest BCUT2D eigenvalue weighted by atomic mass is 10.0. The number of hydrogen-bond acceptors (Lipinski definition) is 5. The molecule has 0 bridgehead atoms. The van der Waals surface area contributed by atoms with Crippen LogP contribution in [0, 0.1) is 5.92 Å². The monoisotopic (exact) mass is 421 g/mol. The molecule has 0 fully saturated rings. The molecule has 30 heavy (non-hydrogen) atoms. The Balaban J connectivity index is 1.44. The Morgan fingerprint density at radius 1 is 0.967 bits per heavy atom. The molecule has 0 aliphatic carbocycles. The van der Waals surface area contributed by atoms with Gasteiger partial charge in [0.1, 0.15) is 10.8 Å². The first kappa shape index (κ1) is 19.8. The molecule has 0 atom stereocenters. The molecule has 0 saturated heterocycles. The van der Waals surface area contributed by atoms with Crippen molar-refractivity contribution in [3.05, 3.63) is 60.7 Å². The Morgan fingerprint density at radius 2 is 1.70 bits per heavy atom. The normalized spacial score (nSPS) is 11.2. The fourth-order valence-corrected chi connectivity index (χ4v) is 4.23. The van der Waals surface area contributed by atoms with Crippen molar-refractivity contribution in [3.8, 4) is 16.3 Å². The van der Waals surface area contributed by atoms with Gasteiger partial charge in [0.25, 0.3) is 0 Å². The van der Waals surface area contributed by atoms with Crippen molar-refractivity contribution in [3.63, 3.8) is 0 Å². The van der Waals surface area contributed by atoms with Crippen molar-refractivity contribution in [1.82, 2.24) is 4.98 Å². The lowest BCUT2D eigenvalue weighted by Crippen LogP contribution is -2.23. The highest BCUT2D eigenvalue weighted by Gasteiger charge is 2.24. The zero-order chi connectivity index (χ0) is 21.1. The molecule has 1 heterocycles. The molecular formula is C23H19NO5S. The third kappa shape index (κ3) is 4.26. The number of benzene rings is 3. The predicted octanol–water partition coefficient (Wildman–Crippen LogP) is 5.06. The van der Waals surface area contributed by atoms with Crippen LogP contribution < -0.4 is 4.74 Å². The number of hydrogen-bond donors (Lipinski definition) is 2. The van der Waals surface area contributed by atoms with Gasteiger partial charge in [-0.25, -0.2) is 4.98 Å². The Hall–Kier alpha value is -3.45. The van der Waals surface area contributed by atoms with E-state index in [0.29, 0.717) is 12.2 Å². The zero-order valence-corrected chi connectivity index (χ0v) is 16.8. The van der Waals surface area contributed by atoms with Gasteiger partial charge in [0.15, 0.2) is 5.92 Å². The van der Waals surface area contributed by atoms with E-state index in [2.05, 4.69) is 12.1 Å². The van der Waals surface area contributed by atoms with E-state index in [0.717, 1.165) is 31.6 Å². The van der Waals surface area contributed by atoms with Crippen LogP contribution in [0.5, 0.6) is 5.75 Å². The predicted molar refractivity (Wildman–Crippen MR) is 116 cm³/mol. The molecule has 4 rings (SSSR count). The van der Waals surface area contributed by atoms with Crippen LogP contribution in [0.4, 0.5) is 0 Å². The number of carboxylic acid groups (broad SMARTS) is 2. The van der Waals surface area contributed by atoms with Gasteiger partial charge in [-0.3, -0.25) is 9.59 Å². The highest BCUT2D eigenvalue weighted by molar-refractivity contribution is 7.21. The van der Waals surface area contributed by atoms with Crippen LogP contribution in [-0.4, -0.2) is 33.7 Å². The fourth-order valence-electron chi connectivity index (χ4n) is 3.27. The van der Waals surface area contributed by atoms with E-state index in [1.54, 1.807) is 11.3 Å². The van der Waals surface area contributed by atoms with Crippen LogP contribution in [0.2, 0.25) is 0 Å². The molecule has 0 amide bonds. The molecule has 4 aromatic rings. The molecule has 0 unspecified atom stereocenters. The van der Waals surface area contributed by atoms with Gasteiger partial charge in [-0.05, 0) is 53.9 Å². The van der Waals surface area contributed by atoms with Crippen molar-refractivity contribution in [2.75, 3.05) is 6.61 Å². The lowest BCUT2D eigenvalue weighted by Gasteiger charge is -2.10. The quantitative estimate of drug-likeness (QED) is 0.305. The van der Waals surface area contributed by atoms with Crippen molar-refractivity contribution in [2.24, 2.45) is 5.92 Å². The van der Waals surface area contributed by atoms with Gasteiger partial charge in [0, 0.05) is 5.56 Å². The van der Waals surface area contributed by atoms with E-state index in [9.17, 15) is 9.59 Å². The summed E-state index contributed by atoms with van der Waals surface area (Å²) in [4.78, 5) is 26.5. The molecule has 2 N–H and O–H groups in total. The summed E-state index contributed by atoms with van der Waals surface area (Å²) in [5.41, 5.74) is 2.06. The van der Waals surface area contributed by atoms with E-state index >= 15 is 0 Å². The van der Waals surface area contributed by atoms with Crippen LogP contribution >= 0.6 is 11.3 Å². The number of aromatic nitrogens is 1. The molecule has 1 aromatic heterocycles. The summed E-state index contributed by atoms with van der Waals surface area (Å²) < 4.78 is 6.84. The number of para-hydroxylation sites is 1. The van der Waals surface area contributed by atoms with E-state index in [4.69, 9.17) is 19.9 Å². The van der Waals surface area contributed by atoms with Crippen LogP contribution in [0.15, 0.2) is 60.7 Å². The van der Waals surface area contributed by atoms with Gasteiger partial charge in [0.05, 0.1) is 16.8 Å². The smallest absolute Gasteiger partial charge is 0.317 e. The number of thiazole rings is 1. The summed E-state index contributed by atoms with van der Waals surface area (Å²) in [6.45, 7) is 0.256. The first-order valence-corrected chi connectivity index (χ1v) is 10.3. The van der Waals surface area contributed by atoms with Crippen LogP contribution in [0.25, 0.3) is 31.6 Å². The van der Waals surface area contributed by atoms with Gasteiger partial charge in [-0.2, -0.15) is 0 Å². The summed E-state index contributed by atoms with van der Waals surface area (Å²) in [6.07, 6.45) is 0.377. The second-order valence-electron chi connectivity index (χ2n) is 6.93. The van der Waals surface area contributed by atoms with Crippen molar-refractivity contribution in [2.45, 2.75) is 12.8 Å². The van der Waals surface area contributed by atoms with E-state index in [-0.39, 0.29) is 13.0 Å². The first-order chi connectivity index (χ1) is 14.5. The lowest BCUT2D eigenvalue weighted by molar-refractivity contribution is -0.154. The summed E-state index contributed by atoms with van der Waals surface area (Å²) in [5.74, 6) is -3.38. The average Bonchev–Trinajstić information content (AvgIpc) is 3.17. The molecule has 7 heteroatoms. The molecule has 6 nitrogen and oxygen atoms in total. The van der Waals surface area contributed by atoms with Gasteiger partial charge in [-0.1, -0.05) is 30.3 Å². The third-order valence-corrected chi connectivity index (χ3v) is 5.94. The average molecular weight is 421 g/mol. The third-order valence-electron chi connectivity index (χ3n) is 4.85. The Bertz CT molecular complexity index is 1190. The summed E-state index contributed by atoms with van der Waals surface area (Å²) >= 11 is 1.66. The van der Waals surface area contributed by atoms with Crippen LogP contribution in [-0.2, 0) is 9.59 Å². The second kappa shape index (κ2) is 8.51. The van der Waals surface area contributed by atoms with Gasteiger partial charge >= 0.3 is 11.9 Å². The molecule has 3 aromatic carbocycles. The second-order valence-corrected chi connectivity index (χ2v) is 7.96. The molecule has 0 aliphatic heterocycles. The van der Waals surface area contributed by atoms with Crippen molar-refractivity contribution < 1.29 is 24.5 Å². The van der Waals surface area contributed by atoms with Crippen molar-refractivity contribution in [1.29, 1.82) is 0 Å². The van der Waals surface area contributed by atoms with Crippen LogP contribution in [0.1, 0.15) is 12.8 Å². The Labute approximate surface area is 176 Å². The summed E-state index contributed by atoms with van der Waals surface area (Å²) in [7, 11) is 0. The largest absolute Gasteiger partial charge is 0.494 e. The number of fused-ring (bicyclic) bond motifs is 2. The molecule has 0 spiro atoms. The number of aliphatic carboxylic acids is 2. The van der Waals surface area contributed by atoms with Gasteiger partial charge in [0.2, 0.25) is 0 Å². The van der Waals surface area contributed by atoms with E-state index in [1.165, 1.54) is 0 Å². The Morgan fingerprint density at radius 3 is 2.47 bits per heavy atom. The SMILES string of the molecule is O=C(O)C(CCCOc1ccc2cc(-c3nc4ccccc4s3)ccc2c1)C(=O)O. The molecular weight excluding hydrogens is 402 g/mol. The number of rotatable bonds is 8. The van der Waals surface area contributed by atoms with E-state index in [1.807, 2.05) is 48.5 Å². The minimum Gasteiger partial charge on any atom is -0.494 e. The molecule has 0 saturated carbocycles. The summed E-state index contributed by atoms with van der Waals surface area (Å²) in [5, 5.41) is 20.9. The number of carbonyl (C=O) groups is 2. The standard InChI is InChI=1S/C23H19NO5S/c25-22(26)18(23(27)28)4-3-11-29-17-10-9-14-12-16(8-7-15(14)13-17)21-24-19-5-1-2-6-20(19)30-21/h1-2,5-10,12-13,18H,3-4,11H2,(H,25,26)(H,27,28). The number of ether oxygens (including phenoxy) is 1. The number of carboxylic acids is 2. The maximum atomic E-state index is 10.9. The highest BCUT2D eigenvalue weighted by atomic mass is 32.1. The minimum atomic E-state index is -1.40. The van der Waals surface area contributed by atoms with Gasteiger partial charge in [-0.15, -0.1) is 11.3 Å². The molecule has 152 valence electrons. The fraction of sp³-hybridized carbons (Fsp3) is 0.174. The maximum Gasteiger partial charge on any atom is 0.317 e. The Kier molecular flexibility index (Phi) is 5.63. The molecule has 0 radical (unpaired) electrons.